The number of nitrogen functional groups attached to an aromatic ring is 3. The summed E-state index contributed by atoms with van der Waals surface area (Å²) in [6.45, 7) is 0. The van der Waals surface area contributed by atoms with Gasteiger partial charge in [0, 0.05) is 11.6 Å². The average molecular weight is 609 g/mol. The molecule has 4 aliphatic carbocycles. The Morgan fingerprint density at radius 2 is 0.870 bits per heavy atom. The smallest absolute Gasteiger partial charge is 0.173 e. The zero-order valence-corrected chi connectivity index (χ0v) is 25.1. The van der Waals surface area contributed by atoms with Gasteiger partial charge in [0.2, 0.25) is 0 Å². The van der Waals surface area contributed by atoms with Gasteiger partial charge in [-0.2, -0.15) is 15.8 Å². The van der Waals surface area contributed by atoms with Crippen molar-refractivity contribution in [2.24, 2.45) is 23.7 Å². The van der Waals surface area contributed by atoms with Gasteiger partial charge in [-0.05, 0) is 122 Å². The van der Waals surface area contributed by atoms with Crippen molar-refractivity contribution in [3.63, 3.8) is 0 Å². The second-order valence-corrected chi connectivity index (χ2v) is 12.7. The van der Waals surface area contributed by atoms with Crippen LogP contribution in [0.25, 0.3) is 0 Å². The lowest BCUT2D eigenvalue weighted by Crippen LogP contribution is -2.43. The minimum Gasteiger partial charge on any atom is -0.455 e. The van der Waals surface area contributed by atoms with Crippen molar-refractivity contribution in [3.8, 4) is 52.7 Å². The molecule has 4 fully saturated rings. The highest BCUT2D eigenvalue weighted by Crippen LogP contribution is 2.62. The Kier molecular flexibility index (Phi) is 7.27. The average Bonchev–Trinajstić information content (AvgIpc) is 3.04. The first-order valence-electron chi connectivity index (χ1n) is 15.4. The van der Waals surface area contributed by atoms with Gasteiger partial charge in [-0.25, -0.2) is 0 Å². The molecule has 9 nitrogen and oxygen atoms in total. The van der Waals surface area contributed by atoms with E-state index in [1.165, 1.54) is 32.1 Å². The van der Waals surface area contributed by atoms with Crippen LogP contribution in [0.1, 0.15) is 60.3 Å². The summed E-state index contributed by atoms with van der Waals surface area (Å²) in [4.78, 5) is 0. The largest absolute Gasteiger partial charge is 0.455 e. The van der Waals surface area contributed by atoms with E-state index in [1.54, 1.807) is 60.7 Å². The molecule has 6 N–H and O–H groups in total. The lowest BCUT2D eigenvalue weighted by Gasteiger charge is -2.54. The van der Waals surface area contributed by atoms with Gasteiger partial charge in [-0.3, -0.25) is 0 Å². The molecule has 4 bridgehead atoms. The highest BCUT2D eigenvalue weighted by molar-refractivity contribution is 5.64. The molecule has 4 aromatic carbocycles. The van der Waals surface area contributed by atoms with Crippen molar-refractivity contribution in [2.75, 3.05) is 17.2 Å². The molecule has 46 heavy (non-hydrogen) atoms. The third kappa shape index (κ3) is 5.36. The molecule has 4 aromatic rings. The van der Waals surface area contributed by atoms with Gasteiger partial charge in [0.25, 0.3) is 0 Å². The van der Waals surface area contributed by atoms with Gasteiger partial charge >= 0.3 is 0 Å². The third-order valence-corrected chi connectivity index (χ3v) is 9.74. The molecule has 0 atom stereocenters. The molecule has 0 amide bonds. The molecule has 228 valence electrons. The first-order chi connectivity index (χ1) is 22.3. The van der Waals surface area contributed by atoms with E-state index in [2.05, 4.69) is 18.2 Å². The number of hydrogen-bond acceptors (Lipinski definition) is 9. The van der Waals surface area contributed by atoms with Crippen molar-refractivity contribution in [1.29, 1.82) is 15.8 Å². The number of nitrogens with two attached hydrogens (primary N) is 3. The van der Waals surface area contributed by atoms with Gasteiger partial charge in [-0.15, -0.1) is 0 Å². The Balaban J connectivity index is 1.38. The van der Waals surface area contributed by atoms with E-state index < -0.39 is 0 Å². The maximum absolute atomic E-state index is 9.38. The fourth-order valence-corrected chi connectivity index (χ4v) is 7.99. The SMILES string of the molecule is N#Cc1ccc(Oc2cc(Oc3ccc(C#N)cc3N)c(C3C4CC5CC(C4)CC3C5)cc2Oc2ccc(C#N)cc2N)c(N)c1. The predicted molar refractivity (Wildman–Crippen MR) is 173 cm³/mol. The Hall–Kier alpha value is -5.85. The predicted octanol–water partition coefficient (Wildman–Crippen LogP) is 7.96. The quantitative estimate of drug-likeness (QED) is 0.175. The summed E-state index contributed by atoms with van der Waals surface area (Å²) in [7, 11) is 0. The number of rotatable bonds is 7. The number of ether oxygens (including phenoxy) is 3. The Labute approximate surface area is 267 Å². The van der Waals surface area contributed by atoms with E-state index in [-0.39, 0.29) is 11.6 Å². The van der Waals surface area contributed by atoms with E-state index in [1.807, 2.05) is 6.07 Å². The van der Waals surface area contributed by atoms with E-state index >= 15 is 0 Å². The minimum absolute atomic E-state index is 0.247. The zero-order chi connectivity index (χ0) is 31.9. The van der Waals surface area contributed by atoms with Gasteiger partial charge in [0.15, 0.2) is 23.0 Å². The molecule has 8 rings (SSSR count). The molecule has 4 aliphatic rings. The molecule has 0 aromatic heterocycles. The minimum atomic E-state index is 0.247. The summed E-state index contributed by atoms with van der Waals surface area (Å²) in [6.07, 6.45) is 6.09. The highest BCUT2D eigenvalue weighted by atomic mass is 16.5. The normalized spacial score (nSPS) is 22.3. The van der Waals surface area contributed by atoms with Crippen LogP contribution < -0.4 is 31.4 Å². The number of nitriles is 3. The molecule has 0 radical (unpaired) electrons. The first kappa shape index (κ1) is 28.9. The van der Waals surface area contributed by atoms with Crippen LogP contribution in [0.4, 0.5) is 17.1 Å². The summed E-state index contributed by atoms with van der Waals surface area (Å²) in [5, 5.41) is 28.1. The fourth-order valence-electron chi connectivity index (χ4n) is 7.99. The molecule has 0 aliphatic heterocycles. The second kappa shape index (κ2) is 11.6. The first-order valence-corrected chi connectivity index (χ1v) is 15.4. The molecule has 9 heteroatoms. The number of benzene rings is 4. The molecule has 0 heterocycles. The summed E-state index contributed by atoms with van der Waals surface area (Å²) >= 11 is 0. The Morgan fingerprint density at radius 1 is 0.478 bits per heavy atom. The van der Waals surface area contributed by atoms with Crippen LogP contribution in [0.5, 0.6) is 34.5 Å². The molecular weight excluding hydrogens is 576 g/mol. The van der Waals surface area contributed by atoms with Crippen LogP contribution >= 0.6 is 0 Å². The van der Waals surface area contributed by atoms with Crippen LogP contribution in [0.3, 0.4) is 0 Å². The molecular formula is C37H32N6O3. The van der Waals surface area contributed by atoms with E-state index in [4.69, 9.17) is 31.4 Å². The number of nitrogens with zero attached hydrogens (tertiary/aromatic N) is 3. The summed E-state index contributed by atoms with van der Waals surface area (Å²) in [5.41, 5.74) is 22.2. The van der Waals surface area contributed by atoms with Crippen molar-refractivity contribution >= 4 is 17.1 Å². The summed E-state index contributed by atoms with van der Waals surface area (Å²) in [5.74, 6) is 5.27. The lowest BCUT2D eigenvalue weighted by atomic mass is 9.50. The number of hydrogen-bond donors (Lipinski definition) is 3. The summed E-state index contributed by atoms with van der Waals surface area (Å²) < 4.78 is 19.5. The van der Waals surface area contributed by atoms with E-state index in [0.29, 0.717) is 74.4 Å². The van der Waals surface area contributed by atoms with Gasteiger partial charge in [0.05, 0.1) is 52.0 Å². The molecule has 4 saturated carbocycles. The fraction of sp³-hybridized carbons (Fsp3) is 0.270. The monoisotopic (exact) mass is 608 g/mol. The van der Waals surface area contributed by atoms with Gasteiger partial charge in [-0.1, -0.05) is 0 Å². The van der Waals surface area contributed by atoms with Gasteiger partial charge in [0.1, 0.15) is 11.5 Å². The lowest BCUT2D eigenvalue weighted by molar-refractivity contribution is -0.00341. The molecule has 0 unspecified atom stereocenters. The maximum Gasteiger partial charge on any atom is 0.173 e. The topological polar surface area (TPSA) is 177 Å². The van der Waals surface area contributed by atoms with Crippen molar-refractivity contribution in [1.82, 2.24) is 0 Å². The Bertz CT molecular complexity index is 1960. The highest BCUT2D eigenvalue weighted by Gasteiger charge is 2.49. The van der Waals surface area contributed by atoms with Crippen LogP contribution in [-0.2, 0) is 0 Å². The van der Waals surface area contributed by atoms with Gasteiger partial charge < -0.3 is 31.4 Å². The van der Waals surface area contributed by atoms with Crippen LogP contribution in [-0.4, -0.2) is 0 Å². The van der Waals surface area contributed by atoms with Crippen LogP contribution in [0.2, 0.25) is 0 Å². The zero-order valence-electron chi connectivity index (χ0n) is 25.1. The van der Waals surface area contributed by atoms with Crippen LogP contribution in [0.15, 0.2) is 66.7 Å². The van der Waals surface area contributed by atoms with Crippen molar-refractivity contribution < 1.29 is 14.2 Å². The summed E-state index contributed by atoms with van der Waals surface area (Å²) in [6, 6.07) is 24.8. The third-order valence-electron chi connectivity index (χ3n) is 9.74. The maximum atomic E-state index is 9.38. The van der Waals surface area contributed by atoms with Crippen molar-refractivity contribution in [3.05, 3.63) is 89.0 Å². The number of anilines is 3. The standard InChI is InChI=1S/C37H32N6O3/c38-17-20-1-4-31(28(41)12-20)44-34-16-36(46-33-6-3-22(19-40)14-30(33)43)35(45-32-5-2-21(18-39)13-29(32)42)15-27(34)37-25-8-23-7-24(10-25)11-26(37)9-23/h1-6,12-16,23-26,37H,7-11,41-43H2. The Morgan fingerprint density at radius 3 is 1.26 bits per heavy atom. The van der Waals surface area contributed by atoms with Crippen LogP contribution in [0, 0.1) is 57.7 Å². The molecule has 0 spiro atoms. The molecule has 0 saturated heterocycles. The van der Waals surface area contributed by atoms with Crippen molar-refractivity contribution in [2.45, 2.75) is 38.0 Å². The van der Waals surface area contributed by atoms with E-state index in [0.717, 1.165) is 17.4 Å². The van der Waals surface area contributed by atoms with E-state index in [9.17, 15) is 15.8 Å². The second-order valence-electron chi connectivity index (χ2n) is 12.7.